The molecule has 2 bridgehead atoms. The lowest BCUT2D eigenvalue weighted by Gasteiger charge is -2.34. The van der Waals surface area contributed by atoms with Crippen LogP contribution >= 0.6 is 0 Å². The average Bonchev–Trinajstić information content (AvgIpc) is 3.57. The number of methoxy groups -OCH3 is 1. The number of rotatable bonds is 2. The molecule has 2 fully saturated rings. The number of amides is 2. The summed E-state index contributed by atoms with van der Waals surface area (Å²) in [6, 6.07) is 4.01. The van der Waals surface area contributed by atoms with Gasteiger partial charge in [0.1, 0.15) is 36.0 Å². The third kappa shape index (κ3) is 5.86. The molecular weight excluding hydrogens is 512 g/mol. The Labute approximate surface area is 235 Å². The summed E-state index contributed by atoms with van der Waals surface area (Å²) in [5.41, 5.74) is 1.58. The number of fused-ring (bicyclic) bond motifs is 5. The highest BCUT2D eigenvalue weighted by molar-refractivity contribution is 5.89. The maximum atomic E-state index is 13.9. The van der Waals surface area contributed by atoms with Crippen molar-refractivity contribution in [1.29, 1.82) is 0 Å². The Morgan fingerprint density at radius 2 is 1.88 bits per heavy atom. The molecule has 0 radical (unpaired) electrons. The fraction of sp³-hybridized carbons (Fsp3) is 0.633. The van der Waals surface area contributed by atoms with Gasteiger partial charge in [-0.15, -0.1) is 0 Å². The first-order valence-corrected chi connectivity index (χ1v) is 14.3. The van der Waals surface area contributed by atoms with Crippen LogP contribution in [0.1, 0.15) is 65.5 Å². The zero-order valence-corrected chi connectivity index (χ0v) is 24.0. The number of aldehydes is 1. The SMILES string of the molecule is COc1ccc2nc3c(nc2c1)O[C@H]1CN(C(=O)[C@H](C(C)(C)C)NC(=O)O[C@@H]2C[C@H]2CCCCC3)[C@H](C=O)[C@@H]1C. The smallest absolute Gasteiger partial charge is 0.408 e. The van der Waals surface area contributed by atoms with Crippen molar-refractivity contribution in [1.82, 2.24) is 20.2 Å². The standard InChI is InChI=1S/C30H40N4O6/c1-17-23(16-35)34-15-25(17)39-27-21(31-20-12-11-19(38-5)14-22(20)32-27)10-8-6-7-9-18-13-24(18)40-29(37)33-26(28(34)36)30(2,3)4/h11-12,14,16-18,23-26H,6-10,13,15H2,1-5H3,(H,33,37)/t17-,18+,23+,24+,25-,26+/m0/s1. The van der Waals surface area contributed by atoms with Gasteiger partial charge >= 0.3 is 6.09 Å². The second kappa shape index (κ2) is 11.2. The molecule has 0 spiro atoms. The molecule has 1 aromatic heterocycles. The van der Waals surface area contributed by atoms with E-state index in [9.17, 15) is 14.4 Å². The van der Waals surface area contributed by atoms with Gasteiger partial charge in [0, 0.05) is 12.0 Å². The Bertz CT molecular complexity index is 1280. The van der Waals surface area contributed by atoms with E-state index in [2.05, 4.69) is 5.32 Å². The first-order chi connectivity index (χ1) is 19.1. The number of ether oxygens (including phenoxy) is 3. The molecule has 0 unspecified atom stereocenters. The van der Waals surface area contributed by atoms with Gasteiger partial charge in [0.2, 0.25) is 11.8 Å². The Kier molecular flexibility index (Phi) is 7.88. The minimum Gasteiger partial charge on any atom is -0.497 e. The molecule has 3 aliphatic rings. The van der Waals surface area contributed by atoms with E-state index in [0.29, 0.717) is 29.5 Å². The van der Waals surface area contributed by atoms with Crippen LogP contribution in [0.2, 0.25) is 0 Å². The van der Waals surface area contributed by atoms with Crippen LogP contribution in [0, 0.1) is 17.3 Å². The first kappa shape index (κ1) is 28.1. The van der Waals surface area contributed by atoms with Gasteiger partial charge in [0.15, 0.2) is 0 Å². The Balaban J connectivity index is 1.49. The fourth-order valence-electron chi connectivity index (χ4n) is 5.79. The summed E-state index contributed by atoms with van der Waals surface area (Å²) in [6.07, 6.45) is 5.10. The predicted octanol–water partition coefficient (Wildman–Crippen LogP) is 4.08. The van der Waals surface area contributed by atoms with Crippen LogP contribution in [0.25, 0.3) is 11.0 Å². The normalized spacial score (nSPS) is 29.7. The number of benzene rings is 1. The zero-order valence-electron chi connectivity index (χ0n) is 24.0. The highest BCUT2D eigenvalue weighted by Crippen LogP contribution is 2.39. The fourth-order valence-corrected chi connectivity index (χ4v) is 5.79. The minimum atomic E-state index is -0.868. The monoisotopic (exact) mass is 552 g/mol. The molecule has 216 valence electrons. The Morgan fingerprint density at radius 1 is 1.07 bits per heavy atom. The zero-order chi connectivity index (χ0) is 28.6. The molecule has 2 aliphatic heterocycles. The summed E-state index contributed by atoms with van der Waals surface area (Å²) in [5.74, 6) is 0.824. The molecule has 3 heterocycles. The van der Waals surface area contributed by atoms with E-state index in [1.165, 1.54) is 4.90 Å². The van der Waals surface area contributed by atoms with Gasteiger partial charge < -0.3 is 29.2 Å². The number of alkyl carbamates (subject to hydrolysis) is 1. The van der Waals surface area contributed by atoms with E-state index < -0.39 is 29.7 Å². The lowest BCUT2D eigenvalue weighted by molar-refractivity contribution is -0.139. The number of aromatic nitrogens is 2. The van der Waals surface area contributed by atoms with Crippen molar-refractivity contribution in [2.24, 2.45) is 17.3 Å². The predicted molar refractivity (Wildman–Crippen MR) is 148 cm³/mol. The van der Waals surface area contributed by atoms with Gasteiger partial charge in [-0.1, -0.05) is 40.5 Å². The maximum Gasteiger partial charge on any atom is 0.408 e. The van der Waals surface area contributed by atoms with Crippen molar-refractivity contribution in [2.45, 2.75) is 90.5 Å². The minimum absolute atomic E-state index is 0.114. The van der Waals surface area contributed by atoms with Crippen LogP contribution < -0.4 is 14.8 Å². The molecule has 40 heavy (non-hydrogen) atoms. The molecule has 1 aromatic carbocycles. The summed E-state index contributed by atoms with van der Waals surface area (Å²) in [7, 11) is 1.61. The summed E-state index contributed by atoms with van der Waals surface area (Å²) < 4.78 is 17.5. The molecule has 10 heteroatoms. The summed E-state index contributed by atoms with van der Waals surface area (Å²) in [4.78, 5) is 50.2. The molecule has 1 aliphatic carbocycles. The third-order valence-corrected chi connectivity index (χ3v) is 8.43. The van der Waals surface area contributed by atoms with Crippen LogP contribution in [0.15, 0.2) is 18.2 Å². The number of carbonyl (C=O) groups is 3. The summed E-state index contributed by atoms with van der Waals surface area (Å²) in [5, 5.41) is 2.81. The van der Waals surface area contributed by atoms with E-state index in [1.807, 2.05) is 45.9 Å². The largest absolute Gasteiger partial charge is 0.497 e. The van der Waals surface area contributed by atoms with E-state index in [1.54, 1.807) is 7.11 Å². The average molecular weight is 553 g/mol. The number of hydrogen-bond acceptors (Lipinski definition) is 8. The van der Waals surface area contributed by atoms with E-state index in [0.717, 1.165) is 49.6 Å². The molecule has 10 nitrogen and oxygen atoms in total. The second-order valence-corrected chi connectivity index (χ2v) is 12.4. The van der Waals surface area contributed by atoms with Crippen LogP contribution in [0.3, 0.4) is 0 Å². The Hall–Kier alpha value is -3.43. The summed E-state index contributed by atoms with van der Waals surface area (Å²) in [6.45, 7) is 7.75. The molecule has 2 amide bonds. The van der Waals surface area contributed by atoms with Crippen molar-refractivity contribution in [3.8, 4) is 11.6 Å². The highest BCUT2D eigenvalue weighted by atomic mass is 16.6. The van der Waals surface area contributed by atoms with Crippen molar-refractivity contribution in [3.63, 3.8) is 0 Å². The molecule has 1 N–H and O–H groups in total. The maximum absolute atomic E-state index is 13.9. The number of aryl methyl sites for hydroxylation is 1. The van der Waals surface area contributed by atoms with Gasteiger partial charge in [-0.3, -0.25) is 4.79 Å². The summed E-state index contributed by atoms with van der Waals surface area (Å²) >= 11 is 0. The Morgan fingerprint density at radius 3 is 2.60 bits per heavy atom. The number of carbonyl (C=O) groups excluding carboxylic acids is 3. The second-order valence-electron chi connectivity index (χ2n) is 12.4. The molecule has 6 atom stereocenters. The van der Waals surface area contributed by atoms with Gasteiger partial charge in [0.25, 0.3) is 0 Å². The van der Waals surface area contributed by atoms with Crippen molar-refractivity contribution in [3.05, 3.63) is 23.9 Å². The van der Waals surface area contributed by atoms with E-state index in [-0.39, 0.29) is 24.5 Å². The quantitative estimate of drug-likeness (QED) is 0.554. The lowest BCUT2D eigenvalue weighted by Crippen LogP contribution is -2.56. The van der Waals surface area contributed by atoms with Crippen LogP contribution in [-0.2, 0) is 20.7 Å². The van der Waals surface area contributed by atoms with Crippen molar-refractivity contribution < 1.29 is 28.6 Å². The molecular formula is C30H40N4O6. The van der Waals surface area contributed by atoms with Crippen LogP contribution in [0.5, 0.6) is 11.6 Å². The lowest BCUT2D eigenvalue weighted by atomic mass is 9.85. The van der Waals surface area contributed by atoms with Crippen molar-refractivity contribution >= 4 is 29.3 Å². The van der Waals surface area contributed by atoms with Gasteiger partial charge in [-0.25, -0.2) is 14.8 Å². The molecule has 2 aromatic rings. The number of nitrogens with one attached hydrogen (secondary N) is 1. The van der Waals surface area contributed by atoms with E-state index >= 15 is 0 Å². The van der Waals surface area contributed by atoms with Gasteiger partial charge in [-0.2, -0.15) is 0 Å². The van der Waals surface area contributed by atoms with Gasteiger partial charge in [0.05, 0.1) is 30.7 Å². The van der Waals surface area contributed by atoms with Gasteiger partial charge in [-0.05, 0) is 49.1 Å². The van der Waals surface area contributed by atoms with Crippen molar-refractivity contribution in [2.75, 3.05) is 13.7 Å². The van der Waals surface area contributed by atoms with E-state index in [4.69, 9.17) is 24.2 Å². The highest BCUT2D eigenvalue weighted by Gasteiger charge is 2.48. The number of nitrogens with zero attached hydrogens (tertiary/aromatic N) is 3. The first-order valence-electron chi connectivity index (χ1n) is 14.3. The topological polar surface area (TPSA) is 120 Å². The number of hydrogen-bond donors (Lipinski definition) is 1. The third-order valence-electron chi connectivity index (χ3n) is 8.43. The van der Waals surface area contributed by atoms with Crippen LogP contribution in [-0.4, -0.2) is 71.1 Å². The van der Waals surface area contributed by atoms with Crippen LogP contribution in [0.4, 0.5) is 4.79 Å². The molecule has 1 saturated carbocycles. The molecule has 1 saturated heterocycles. The molecule has 5 rings (SSSR count).